The third-order valence-electron chi connectivity index (χ3n) is 5.09. The summed E-state index contributed by atoms with van der Waals surface area (Å²) in [5.41, 5.74) is 10.5. The number of H-pyrrole nitrogens is 1. The van der Waals surface area contributed by atoms with Gasteiger partial charge >= 0.3 is 6.18 Å². The van der Waals surface area contributed by atoms with Gasteiger partial charge in [0.05, 0.1) is 17.5 Å². The molecule has 5 nitrogen and oxygen atoms in total. The number of benzene rings is 1. The maximum Gasteiger partial charge on any atom is 0.417 e. The number of pyridine rings is 2. The number of imidazole rings is 1. The Morgan fingerprint density at radius 3 is 2.32 bits per heavy atom. The SMILES string of the molecule is Cc1cc(-c2cnc(-c3ccc(N)nc3)[nH]2)ccc1CCc1ccc(C(F)(F)F)cn1. The Balaban J connectivity index is 1.45. The highest BCUT2D eigenvalue weighted by atomic mass is 19.4. The molecule has 0 aliphatic rings. The monoisotopic (exact) mass is 423 g/mol. The van der Waals surface area contributed by atoms with Crippen LogP contribution in [0.15, 0.2) is 61.1 Å². The van der Waals surface area contributed by atoms with Crippen LogP contribution < -0.4 is 5.73 Å². The highest BCUT2D eigenvalue weighted by Gasteiger charge is 2.30. The number of aromatic nitrogens is 4. The zero-order chi connectivity index (χ0) is 22.0. The fourth-order valence-electron chi connectivity index (χ4n) is 3.31. The fourth-order valence-corrected chi connectivity index (χ4v) is 3.31. The van der Waals surface area contributed by atoms with Crippen LogP contribution in [0.3, 0.4) is 0 Å². The molecular formula is C23H20F3N5. The maximum atomic E-state index is 12.7. The molecule has 158 valence electrons. The van der Waals surface area contributed by atoms with Crippen molar-refractivity contribution < 1.29 is 13.2 Å². The van der Waals surface area contributed by atoms with Crippen LogP contribution in [-0.4, -0.2) is 19.9 Å². The van der Waals surface area contributed by atoms with Gasteiger partial charge in [-0.1, -0.05) is 12.1 Å². The summed E-state index contributed by atoms with van der Waals surface area (Å²) in [5.74, 6) is 1.16. The maximum absolute atomic E-state index is 12.7. The summed E-state index contributed by atoms with van der Waals surface area (Å²) in [4.78, 5) is 15.7. The van der Waals surface area contributed by atoms with Crippen molar-refractivity contribution in [1.82, 2.24) is 19.9 Å². The van der Waals surface area contributed by atoms with E-state index < -0.39 is 11.7 Å². The predicted molar refractivity (Wildman–Crippen MR) is 113 cm³/mol. The van der Waals surface area contributed by atoms with Gasteiger partial charge in [-0.15, -0.1) is 0 Å². The Morgan fingerprint density at radius 1 is 0.871 bits per heavy atom. The third-order valence-corrected chi connectivity index (χ3v) is 5.09. The quantitative estimate of drug-likeness (QED) is 0.461. The predicted octanol–water partition coefficient (Wildman–Crippen LogP) is 5.23. The van der Waals surface area contributed by atoms with Crippen LogP contribution in [0.1, 0.15) is 22.4 Å². The van der Waals surface area contributed by atoms with Gasteiger partial charge in [0.15, 0.2) is 0 Å². The van der Waals surface area contributed by atoms with E-state index in [-0.39, 0.29) is 0 Å². The Labute approximate surface area is 177 Å². The summed E-state index contributed by atoms with van der Waals surface area (Å²) >= 11 is 0. The van der Waals surface area contributed by atoms with Crippen LogP contribution >= 0.6 is 0 Å². The molecule has 8 heteroatoms. The molecular weight excluding hydrogens is 403 g/mol. The Hall–Kier alpha value is -3.68. The second kappa shape index (κ2) is 8.22. The number of hydrogen-bond acceptors (Lipinski definition) is 4. The standard InChI is InChI=1S/C23H20F3N5/c1-14-10-16(20-13-30-22(31-20)17-5-9-21(27)29-11-17)3-2-15(14)4-7-19-8-6-18(12-28-19)23(24,25)26/h2-3,5-6,8-13H,4,7H2,1H3,(H2,27,29)(H,30,31). The van der Waals surface area contributed by atoms with Crippen molar-refractivity contribution in [2.75, 3.05) is 5.73 Å². The molecule has 0 unspecified atom stereocenters. The zero-order valence-electron chi connectivity index (χ0n) is 16.7. The molecule has 4 aromatic rings. The number of nitrogen functional groups attached to an aromatic ring is 1. The highest BCUT2D eigenvalue weighted by Crippen LogP contribution is 2.29. The van der Waals surface area contributed by atoms with E-state index in [4.69, 9.17) is 5.73 Å². The molecule has 0 bridgehead atoms. The molecule has 0 fully saturated rings. The van der Waals surface area contributed by atoms with Gasteiger partial charge in [-0.2, -0.15) is 13.2 Å². The molecule has 3 heterocycles. The summed E-state index contributed by atoms with van der Waals surface area (Å²) in [7, 11) is 0. The van der Waals surface area contributed by atoms with Crippen molar-refractivity contribution in [3.63, 3.8) is 0 Å². The van der Waals surface area contributed by atoms with Gasteiger partial charge in [-0.25, -0.2) is 9.97 Å². The number of nitrogens with two attached hydrogens (primary N) is 1. The molecule has 0 aliphatic heterocycles. The molecule has 3 aromatic heterocycles. The Kier molecular flexibility index (Phi) is 5.46. The van der Waals surface area contributed by atoms with Crippen molar-refractivity contribution >= 4 is 5.82 Å². The number of aromatic amines is 1. The molecule has 1 aromatic carbocycles. The minimum Gasteiger partial charge on any atom is -0.384 e. The van der Waals surface area contributed by atoms with Crippen LogP contribution in [0, 0.1) is 6.92 Å². The van der Waals surface area contributed by atoms with Gasteiger partial charge in [0.1, 0.15) is 11.6 Å². The van der Waals surface area contributed by atoms with Gasteiger partial charge < -0.3 is 10.7 Å². The number of rotatable bonds is 5. The van der Waals surface area contributed by atoms with Crippen molar-refractivity contribution in [3.8, 4) is 22.6 Å². The van der Waals surface area contributed by atoms with Crippen molar-refractivity contribution in [1.29, 1.82) is 0 Å². The average Bonchev–Trinajstić information content (AvgIpc) is 3.23. The molecule has 0 spiro atoms. The summed E-state index contributed by atoms with van der Waals surface area (Å²) in [6.07, 6.45) is 1.22. The van der Waals surface area contributed by atoms with Crippen LogP contribution in [0.2, 0.25) is 0 Å². The first kappa shape index (κ1) is 20.6. The summed E-state index contributed by atoms with van der Waals surface area (Å²) in [6, 6.07) is 12.2. The fraction of sp³-hybridized carbons (Fsp3) is 0.174. The smallest absolute Gasteiger partial charge is 0.384 e. The second-order valence-electron chi connectivity index (χ2n) is 7.29. The summed E-state index contributed by atoms with van der Waals surface area (Å²) in [6.45, 7) is 2.01. The molecule has 3 N–H and O–H groups in total. The average molecular weight is 423 g/mol. The van der Waals surface area contributed by atoms with Gasteiger partial charge in [-0.3, -0.25) is 4.98 Å². The van der Waals surface area contributed by atoms with Gasteiger partial charge in [0, 0.05) is 23.7 Å². The molecule has 0 saturated heterocycles. The van der Waals surface area contributed by atoms with E-state index in [1.54, 1.807) is 18.5 Å². The van der Waals surface area contributed by atoms with E-state index in [0.29, 0.717) is 30.2 Å². The van der Waals surface area contributed by atoms with E-state index in [9.17, 15) is 13.2 Å². The van der Waals surface area contributed by atoms with E-state index in [2.05, 4.69) is 26.0 Å². The number of alkyl halides is 3. The van der Waals surface area contributed by atoms with Gasteiger partial charge in [-0.05, 0) is 66.8 Å². The zero-order valence-corrected chi connectivity index (χ0v) is 16.7. The van der Waals surface area contributed by atoms with Crippen LogP contribution in [0.4, 0.5) is 19.0 Å². The van der Waals surface area contributed by atoms with E-state index >= 15 is 0 Å². The number of nitrogens with one attached hydrogen (secondary N) is 1. The van der Waals surface area contributed by atoms with Gasteiger partial charge in [0.2, 0.25) is 0 Å². The molecule has 31 heavy (non-hydrogen) atoms. The highest BCUT2D eigenvalue weighted by molar-refractivity contribution is 5.65. The first-order chi connectivity index (χ1) is 14.8. The van der Waals surface area contributed by atoms with Crippen LogP contribution in [0.5, 0.6) is 0 Å². The molecule has 0 amide bonds. The van der Waals surface area contributed by atoms with E-state index in [1.807, 2.05) is 25.1 Å². The number of aryl methyl sites for hydroxylation is 3. The van der Waals surface area contributed by atoms with Gasteiger partial charge in [0.25, 0.3) is 0 Å². The molecule has 0 atom stereocenters. The molecule has 0 radical (unpaired) electrons. The molecule has 4 rings (SSSR count). The summed E-state index contributed by atoms with van der Waals surface area (Å²) < 4.78 is 38.0. The lowest BCUT2D eigenvalue weighted by Gasteiger charge is -2.09. The lowest BCUT2D eigenvalue weighted by molar-refractivity contribution is -0.137. The first-order valence-electron chi connectivity index (χ1n) is 9.68. The van der Waals surface area contributed by atoms with Crippen LogP contribution in [0.25, 0.3) is 22.6 Å². The lowest BCUT2D eigenvalue weighted by atomic mass is 9.99. The van der Waals surface area contributed by atoms with Crippen LogP contribution in [-0.2, 0) is 19.0 Å². The number of anilines is 1. The second-order valence-corrected chi connectivity index (χ2v) is 7.29. The van der Waals surface area contributed by atoms with E-state index in [0.717, 1.165) is 40.2 Å². The topological polar surface area (TPSA) is 80.5 Å². The van der Waals surface area contributed by atoms with Crippen molar-refractivity contribution in [2.45, 2.75) is 25.9 Å². The van der Waals surface area contributed by atoms with E-state index in [1.165, 1.54) is 6.07 Å². The van der Waals surface area contributed by atoms with Crippen molar-refractivity contribution in [3.05, 3.63) is 83.4 Å². The first-order valence-corrected chi connectivity index (χ1v) is 9.68. The Morgan fingerprint density at radius 2 is 1.68 bits per heavy atom. The normalized spacial score (nSPS) is 11.6. The summed E-state index contributed by atoms with van der Waals surface area (Å²) in [5, 5.41) is 0. The number of hydrogen-bond donors (Lipinski definition) is 2. The minimum atomic E-state index is -4.37. The molecule has 0 aliphatic carbocycles. The number of halogens is 3. The number of nitrogens with zero attached hydrogens (tertiary/aromatic N) is 3. The van der Waals surface area contributed by atoms with Crippen molar-refractivity contribution in [2.24, 2.45) is 0 Å². The molecule has 0 saturated carbocycles. The Bertz CT molecular complexity index is 1180. The third kappa shape index (κ3) is 4.74. The largest absolute Gasteiger partial charge is 0.417 e. The lowest BCUT2D eigenvalue weighted by Crippen LogP contribution is -2.06. The minimum absolute atomic E-state index is 0.452.